The monoisotopic (exact) mass is 288 g/mol. The van der Waals surface area contributed by atoms with Crippen LogP contribution in [0.5, 0.6) is 0 Å². The number of rotatable bonds is 6. The predicted octanol–water partition coefficient (Wildman–Crippen LogP) is 0.325. The maximum atomic E-state index is 11.5. The molecular formula is C14H16N4O3. The fraction of sp³-hybridized carbons (Fsp3) is 0.214. The maximum absolute atomic E-state index is 11.5. The van der Waals surface area contributed by atoms with Crippen LogP contribution in [0.25, 0.3) is 0 Å². The number of ether oxygens (including phenoxy) is 1. The molecule has 21 heavy (non-hydrogen) atoms. The maximum Gasteiger partial charge on any atom is 0.328 e. The zero-order chi connectivity index (χ0) is 15.1. The Morgan fingerprint density at radius 3 is 2.71 bits per heavy atom. The number of benzene rings is 1. The molecule has 0 spiro atoms. The second-order valence-corrected chi connectivity index (χ2v) is 4.39. The highest BCUT2D eigenvalue weighted by Crippen LogP contribution is 1.98. The molecule has 1 heterocycles. The number of anilines is 1. The van der Waals surface area contributed by atoms with Gasteiger partial charge in [-0.2, -0.15) is 5.10 Å². The number of nitrogen functional groups attached to an aromatic ring is 1. The van der Waals surface area contributed by atoms with E-state index in [1.165, 1.54) is 17.1 Å². The Bertz CT molecular complexity index is 610. The molecule has 0 saturated carbocycles. The lowest BCUT2D eigenvalue weighted by atomic mass is 10.2. The van der Waals surface area contributed by atoms with E-state index in [4.69, 9.17) is 10.5 Å². The SMILES string of the molecule is Nc1cnn(CC(=O)OCC(=O)NCc2ccccc2)c1. The summed E-state index contributed by atoms with van der Waals surface area (Å²) in [6, 6.07) is 9.46. The molecule has 110 valence electrons. The average molecular weight is 288 g/mol. The Morgan fingerprint density at radius 1 is 1.29 bits per heavy atom. The predicted molar refractivity (Wildman–Crippen MR) is 75.9 cm³/mol. The Hall–Kier alpha value is -2.83. The molecule has 2 rings (SSSR count). The van der Waals surface area contributed by atoms with Crippen molar-refractivity contribution in [3.05, 3.63) is 48.3 Å². The fourth-order valence-corrected chi connectivity index (χ4v) is 1.64. The molecular weight excluding hydrogens is 272 g/mol. The highest BCUT2D eigenvalue weighted by molar-refractivity contribution is 5.80. The number of nitrogens with zero attached hydrogens (tertiary/aromatic N) is 2. The highest BCUT2D eigenvalue weighted by Gasteiger charge is 2.08. The third-order valence-corrected chi connectivity index (χ3v) is 2.64. The lowest BCUT2D eigenvalue weighted by molar-refractivity contribution is -0.149. The van der Waals surface area contributed by atoms with Crippen LogP contribution >= 0.6 is 0 Å². The second-order valence-electron chi connectivity index (χ2n) is 4.39. The van der Waals surface area contributed by atoms with Crippen LogP contribution in [0.1, 0.15) is 5.56 Å². The quantitative estimate of drug-likeness (QED) is 0.746. The average Bonchev–Trinajstić information content (AvgIpc) is 2.89. The Balaban J connectivity index is 1.67. The van der Waals surface area contributed by atoms with Gasteiger partial charge in [0, 0.05) is 12.7 Å². The number of hydrogen-bond acceptors (Lipinski definition) is 5. The van der Waals surface area contributed by atoms with E-state index in [1.807, 2.05) is 30.3 Å². The number of amides is 1. The third-order valence-electron chi connectivity index (χ3n) is 2.64. The molecule has 1 amide bonds. The first-order valence-electron chi connectivity index (χ1n) is 6.37. The summed E-state index contributed by atoms with van der Waals surface area (Å²) < 4.78 is 6.20. The highest BCUT2D eigenvalue weighted by atomic mass is 16.5. The van der Waals surface area contributed by atoms with Crippen LogP contribution in [0.2, 0.25) is 0 Å². The van der Waals surface area contributed by atoms with Crippen LogP contribution in [-0.4, -0.2) is 28.3 Å². The van der Waals surface area contributed by atoms with Crippen molar-refractivity contribution in [2.45, 2.75) is 13.1 Å². The summed E-state index contributed by atoms with van der Waals surface area (Å²) in [5.74, 6) is -0.903. The summed E-state index contributed by atoms with van der Waals surface area (Å²) in [5.41, 5.74) is 6.91. The molecule has 0 unspecified atom stereocenters. The van der Waals surface area contributed by atoms with Gasteiger partial charge in [-0.1, -0.05) is 30.3 Å². The Morgan fingerprint density at radius 2 is 2.05 bits per heavy atom. The molecule has 0 bridgehead atoms. The fourth-order valence-electron chi connectivity index (χ4n) is 1.64. The number of carbonyl (C=O) groups is 2. The molecule has 1 aromatic carbocycles. The molecule has 0 radical (unpaired) electrons. The standard InChI is InChI=1S/C14H16N4O3/c15-12-7-17-18(8-12)9-14(20)21-10-13(19)16-6-11-4-2-1-3-5-11/h1-5,7-8H,6,9-10,15H2,(H,16,19). The molecule has 0 aliphatic heterocycles. The largest absolute Gasteiger partial charge is 0.454 e. The van der Waals surface area contributed by atoms with Gasteiger partial charge in [0.25, 0.3) is 5.91 Å². The van der Waals surface area contributed by atoms with Gasteiger partial charge in [-0.05, 0) is 5.56 Å². The van der Waals surface area contributed by atoms with Crippen molar-refractivity contribution in [1.29, 1.82) is 0 Å². The van der Waals surface area contributed by atoms with Gasteiger partial charge in [-0.25, -0.2) is 0 Å². The van der Waals surface area contributed by atoms with E-state index >= 15 is 0 Å². The minimum Gasteiger partial charge on any atom is -0.454 e. The Labute approximate surface area is 121 Å². The van der Waals surface area contributed by atoms with Gasteiger partial charge in [-0.3, -0.25) is 14.3 Å². The van der Waals surface area contributed by atoms with Gasteiger partial charge in [0.05, 0.1) is 11.9 Å². The number of esters is 1. The van der Waals surface area contributed by atoms with Crippen molar-refractivity contribution < 1.29 is 14.3 Å². The first kappa shape index (κ1) is 14.6. The minimum absolute atomic E-state index is 0.0802. The van der Waals surface area contributed by atoms with Crippen LogP contribution in [0.3, 0.4) is 0 Å². The summed E-state index contributed by atoms with van der Waals surface area (Å²) in [6.45, 7) is -0.00149. The molecule has 0 fully saturated rings. The van der Waals surface area contributed by atoms with Gasteiger partial charge in [0.15, 0.2) is 6.61 Å². The van der Waals surface area contributed by atoms with E-state index in [2.05, 4.69) is 10.4 Å². The molecule has 7 heteroatoms. The summed E-state index contributed by atoms with van der Waals surface area (Å²) >= 11 is 0. The van der Waals surface area contributed by atoms with Crippen molar-refractivity contribution in [3.8, 4) is 0 Å². The van der Waals surface area contributed by atoms with E-state index in [0.29, 0.717) is 12.2 Å². The van der Waals surface area contributed by atoms with E-state index in [0.717, 1.165) is 5.56 Å². The zero-order valence-corrected chi connectivity index (χ0v) is 11.4. The molecule has 0 aliphatic carbocycles. The molecule has 2 aromatic rings. The topological polar surface area (TPSA) is 99.2 Å². The first-order valence-corrected chi connectivity index (χ1v) is 6.37. The lowest BCUT2D eigenvalue weighted by Crippen LogP contribution is -2.29. The van der Waals surface area contributed by atoms with Crippen molar-refractivity contribution in [1.82, 2.24) is 15.1 Å². The van der Waals surface area contributed by atoms with Crippen LogP contribution in [0.4, 0.5) is 5.69 Å². The van der Waals surface area contributed by atoms with E-state index < -0.39 is 5.97 Å². The molecule has 0 saturated heterocycles. The summed E-state index contributed by atoms with van der Waals surface area (Å²) in [5, 5.41) is 6.51. The van der Waals surface area contributed by atoms with Crippen LogP contribution < -0.4 is 11.1 Å². The first-order chi connectivity index (χ1) is 10.1. The normalized spacial score (nSPS) is 10.1. The number of carbonyl (C=O) groups excluding carboxylic acids is 2. The van der Waals surface area contributed by atoms with Gasteiger partial charge < -0.3 is 15.8 Å². The molecule has 7 nitrogen and oxygen atoms in total. The Kier molecular flexibility index (Phi) is 4.92. The van der Waals surface area contributed by atoms with E-state index in [-0.39, 0.29) is 19.1 Å². The minimum atomic E-state index is -0.548. The summed E-state index contributed by atoms with van der Waals surface area (Å²) in [4.78, 5) is 23.0. The van der Waals surface area contributed by atoms with Gasteiger partial charge in [-0.15, -0.1) is 0 Å². The van der Waals surface area contributed by atoms with Crippen LogP contribution in [0, 0.1) is 0 Å². The van der Waals surface area contributed by atoms with Gasteiger partial charge in [0.2, 0.25) is 0 Å². The molecule has 0 aliphatic rings. The van der Waals surface area contributed by atoms with Crippen molar-refractivity contribution in [2.24, 2.45) is 0 Å². The van der Waals surface area contributed by atoms with Gasteiger partial charge >= 0.3 is 5.97 Å². The van der Waals surface area contributed by atoms with Crippen molar-refractivity contribution in [3.63, 3.8) is 0 Å². The van der Waals surface area contributed by atoms with E-state index in [9.17, 15) is 9.59 Å². The van der Waals surface area contributed by atoms with Crippen LogP contribution in [0.15, 0.2) is 42.7 Å². The molecule has 3 N–H and O–H groups in total. The number of nitrogens with two attached hydrogens (primary N) is 1. The number of nitrogens with one attached hydrogen (secondary N) is 1. The zero-order valence-electron chi connectivity index (χ0n) is 11.4. The lowest BCUT2D eigenvalue weighted by Gasteiger charge is -2.06. The number of hydrogen-bond donors (Lipinski definition) is 2. The van der Waals surface area contributed by atoms with Crippen molar-refractivity contribution in [2.75, 3.05) is 12.3 Å². The third kappa shape index (κ3) is 4.98. The summed E-state index contributed by atoms with van der Waals surface area (Å²) in [6.07, 6.45) is 2.94. The van der Waals surface area contributed by atoms with E-state index in [1.54, 1.807) is 0 Å². The smallest absolute Gasteiger partial charge is 0.328 e. The molecule has 1 aromatic heterocycles. The van der Waals surface area contributed by atoms with Crippen LogP contribution in [-0.2, 0) is 27.4 Å². The van der Waals surface area contributed by atoms with Gasteiger partial charge in [0.1, 0.15) is 6.54 Å². The molecule has 0 atom stereocenters. The van der Waals surface area contributed by atoms with Crippen molar-refractivity contribution >= 4 is 17.6 Å². The summed E-state index contributed by atoms with van der Waals surface area (Å²) in [7, 11) is 0. The second kappa shape index (κ2) is 7.09. The number of aromatic nitrogens is 2.